The summed E-state index contributed by atoms with van der Waals surface area (Å²) < 4.78 is 2.28. The van der Waals surface area contributed by atoms with Gasteiger partial charge in [0.15, 0.2) is 0 Å². The van der Waals surface area contributed by atoms with E-state index in [2.05, 4.69) is 86.1 Å². The first kappa shape index (κ1) is 27.6. The standard InChI is InChI=1S/C40H23N7/c1-42-31-18-30(24-44-25-31)38-12-6-10-36(46-38)28-14-16-40-34(20-28)33-19-27(13-15-39(33)47(40)32-7-3-2-4-8-32)35-9-5-11-37(45-35)29-17-26(21-41)22-43-23-29/h2-20,22-25H. The van der Waals surface area contributed by atoms with E-state index in [1.807, 2.05) is 48.5 Å². The molecule has 0 saturated carbocycles. The van der Waals surface area contributed by atoms with Crippen molar-refractivity contribution in [1.82, 2.24) is 24.5 Å². The number of benzene rings is 3. The Bertz CT molecular complexity index is 2400. The molecule has 7 nitrogen and oxygen atoms in total. The zero-order valence-electron chi connectivity index (χ0n) is 24.9. The number of para-hydroxylation sites is 1. The fourth-order valence-corrected chi connectivity index (χ4v) is 5.98. The van der Waals surface area contributed by atoms with E-state index in [0.29, 0.717) is 11.3 Å². The zero-order valence-corrected chi connectivity index (χ0v) is 24.9. The van der Waals surface area contributed by atoms with Crippen LogP contribution in [0.25, 0.3) is 77.4 Å². The van der Waals surface area contributed by atoms with Crippen molar-refractivity contribution in [2.75, 3.05) is 0 Å². The van der Waals surface area contributed by atoms with Crippen molar-refractivity contribution in [3.63, 3.8) is 0 Å². The Hall–Kier alpha value is -6.96. The van der Waals surface area contributed by atoms with Crippen molar-refractivity contribution >= 4 is 27.5 Å². The number of aromatic nitrogens is 5. The van der Waals surface area contributed by atoms with Crippen LogP contribution >= 0.6 is 0 Å². The molecule has 0 amide bonds. The number of pyridine rings is 4. The maximum atomic E-state index is 9.36. The second-order valence-corrected chi connectivity index (χ2v) is 11.1. The third-order valence-corrected chi connectivity index (χ3v) is 8.18. The third kappa shape index (κ3) is 5.04. The predicted octanol–water partition coefficient (Wildman–Crippen LogP) is 9.45. The quantitative estimate of drug-likeness (QED) is 0.184. The SMILES string of the molecule is [C-]#[N+]c1cncc(-c2cccc(-c3ccc4c(c3)c3cc(-c5cccc(-c6cncc(C#N)c6)n5)ccc3n4-c3ccccc3)n2)c1. The fourth-order valence-electron chi connectivity index (χ4n) is 5.98. The molecule has 0 atom stereocenters. The summed E-state index contributed by atoms with van der Waals surface area (Å²) in [5, 5.41) is 11.5. The fraction of sp³-hybridized carbons (Fsp3) is 0. The lowest BCUT2D eigenvalue weighted by atomic mass is 10.0. The molecule has 0 unspecified atom stereocenters. The van der Waals surface area contributed by atoms with Gasteiger partial charge in [-0.2, -0.15) is 5.26 Å². The summed E-state index contributed by atoms with van der Waals surface area (Å²) in [6, 6.07) is 40.9. The molecule has 0 aliphatic carbocycles. The molecule has 0 radical (unpaired) electrons. The monoisotopic (exact) mass is 601 g/mol. The van der Waals surface area contributed by atoms with Crippen LogP contribution in [-0.4, -0.2) is 24.5 Å². The molecule has 0 bridgehead atoms. The third-order valence-electron chi connectivity index (χ3n) is 8.18. The summed E-state index contributed by atoms with van der Waals surface area (Å²) in [5.74, 6) is 0. The van der Waals surface area contributed by atoms with Crippen molar-refractivity contribution < 1.29 is 0 Å². The van der Waals surface area contributed by atoms with Crippen molar-refractivity contribution in [2.24, 2.45) is 0 Å². The van der Waals surface area contributed by atoms with Gasteiger partial charge in [-0.15, -0.1) is 0 Å². The number of hydrogen-bond donors (Lipinski definition) is 0. The Morgan fingerprint density at radius 3 is 1.68 bits per heavy atom. The maximum absolute atomic E-state index is 9.36. The van der Waals surface area contributed by atoms with Gasteiger partial charge in [-0.05, 0) is 72.8 Å². The van der Waals surface area contributed by atoms with Crippen LogP contribution in [-0.2, 0) is 0 Å². The molecule has 8 rings (SSSR count). The minimum atomic E-state index is 0.480. The van der Waals surface area contributed by atoms with Gasteiger partial charge in [-0.3, -0.25) is 9.97 Å². The second-order valence-electron chi connectivity index (χ2n) is 11.1. The van der Waals surface area contributed by atoms with Crippen LogP contribution in [0.4, 0.5) is 5.69 Å². The number of rotatable bonds is 5. The molecular weight excluding hydrogens is 578 g/mol. The number of fused-ring (bicyclic) bond motifs is 3. The molecule has 0 aliphatic heterocycles. The van der Waals surface area contributed by atoms with E-state index in [1.54, 1.807) is 30.9 Å². The highest BCUT2D eigenvalue weighted by Crippen LogP contribution is 2.37. The molecule has 8 aromatic rings. The lowest BCUT2D eigenvalue weighted by Crippen LogP contribution is -1.93. The average molecular weight is 602 g/mol. The van der Waals surface area contributed by atoms with Crippen molar-refractivity contribution in [3.05, 3.63) is 157 Å². The molecular formula is C40H23N7. The first-order chi connectivity index (χ1) is 23.2. The normalized spacial score (nSPS) is 10.9. The highest BCUT2D eigenvalue weighted by molar-refractivity contribution is 6.11. The first-order valence-electron chi connectivity index (χ1n) is 15.0. The van der Waals surface area contributed by atoms with Gasteiger partial charge in [0.25, 0.3) is 0 Å². The van der Waals surface area contributed by atoms with Crippen molar-refractivity contribution in [1.29, 1.82) is 5.26 Å². The highest BCUT2D eigenvalue weighted by Gasteiger charge is 2.16. The van der Waals surface area contributed by atoms with Gasteiger partial charge in [0, 0.05) is 63.5 Å². The summed E-state index contributed by atoms with van der Waals surface area (Å²) in [6.45, 7) is 7.37. The number of hydrogen-bond acceptors (Lipinski definition) is 5. The molecule has 0 spiro atoms. The largest absolute Gasteiger partial charge is 0.309 e. The summed E-state index contributed by atoms with van der Waals surface area (Å²) >= 11 is 0. The van der Waals surface area contributed by atoms with Crippen molar-refractivity contribution in [3.8, 4) is 56.8 Å². The summed E-state index contributed by atoms with van der Waals surface area (Å²) in [7, 11) is 0. The van der Waals surface area contributed by atoms with Crippen LogP contribution in [0.2, 0.25) is 0 Å². The Balaban J connectivity index is 1.29. The molecule has 0 fully saturated rings. The Labute approximate surface area is 270 Å². The Kier molecular flexibility index (Phi) is 6.76. The molecule has 0 N–H and O–H groups in total. The van der Waals surface area contributed by atoms with Crippen LogP contribution in [0.3, 0.4) is 0 Å². The van der Waals surface area contributed by atoms with E-state index in [1.165, 1.54) is 0 Å². The van der Waals surface area contributed by atoms with Gasteiger partial charge in [-0.1, -0.05) is 42.5 Å². The zero-order chi connectivity index (χ0) is 31.7. The van der Waals surface area contributed by atoms with E-state index in [4.69, 9.17) is 16.5 Å². The number of nitriles is 1. The van der Waals surface area contributed by atoms with Gasteiger partial charge < -0.3 is 4.57 Å². The maximum Gasteiger partial charge on any atom is 0.205 e. The lowest BCUT2D eigenvalue weighted by Gasteiger charge is -2.09. The van der Waals surface area contributed by atoms with Crippen LogP contribution in [0.5, 0.6) is 0 Å². The summed E-state index contributed by atoms with van der Waals surface area (Å²) in [5.41, 5.74) is 10.9. The van der Waals surface area contributed by atoms with Crippen LogP contribution in [0.1, 0.15) is 5.56 Å². The van der Waals surface area contributed by atoms with Gasteiger partial charge in [0.2, 0.25) is 5.69 Å². The molecule has 218 valence electrons. The van der Waals surface area contributed by atoms with Crippen LogP contribution < -0.4 is 0 Å². The molecule has 7 heteroatoms. The van der Waals surface area contributed by atoms with Crippen LogP contribution in [0, 0.1) is 17.9 Å². The van der Waals surface area contributed by atoms with E-state index < -0.39 is 0 Å². The highest BCUT2D eigenvalue weighted by atomic mass is 15.0. The smallest absolute Gasteiger partial charge is 0.205 e. The average Bonchev–Trinajstić information content (AvgIpc) is 3.48. The molecule has 0 aliphatic rings. The van der Waals surface area contributed by atoms with Crippen molar-refractivity contribution in [2.45, 2.75) is 0 Å². The van der Waals surface area contributed by atoms with Crippen LogP contribution in [0.15, 0.2) is 140 Å². The topological polar surface area (TPSA) is 84.6 Å². The molecule has 5 heterocycles. The molecule has 5 aromatic heterocycles. The predicted molar refractivity (Wildman–Crippen MR) is 185 cm³/mol. The minimum Gasteiger partial charge on any atom is -0.309 e. The van der Waals surface area contributed by atoms with Gasteiger partial charge in [0.05, 0.1) is 45.9 Å². The van der Waals surface area contributed by atoms with E-state index in [-0.39, 0.29) is 0 Å². The van der Waals surface area contributed by atoms with E-state index in [0.717, 1.165) is 72.5 Å². The number of nitrogens with zero attached hydrogens (tertiary/aromatic N) is 7. The molecule has 0 saturated heterocycles. The van der Waals surface area contributed by atoms with Gasteiger partial charge >= 0.3 is 0 Å². The minimum absolute atomic E-state index is 0.480. The van der Waals surface area contributed by atoms with Gasteiger partial charge in [0.1, 0.15) is 6.07 Å². The first-order valence-corrected chi connectivity index (χ1v) is 15.0. The Morgan fingerprint density at radius 2 is 1.11 bits per heavy atom. The summed E-state index contributed by atoms with van der Waals surface area (Å²) in [6.07, 6.45) is 6.57. The summed E-state index contributed by atoms with van der Waals surface area (Å²) in [4.78, 5) is 21.9. The second kappa shape index (κ2) is 11.5. The van der Waals surface area contributed by atoms with E-state index >= 15 is 0 Å². The van der Waals surface area contributed by atoms with E-state index in [9.17, 15) is 5.26 Å². The molecule has 47 heavy (non-hydrogen) atoms. The molecule has 3 aromatic carbocycles. The Morgan fingerprint density at radius 1 is 0.553 bits per heavy atom. The lowest BCUT2D eigenvalue weighted by molar-refractivity contribution is 1.18. The van der Waals surface area contributed by atoms with Gasteiger partial charge in [-0.25, -0.2) is 14.8 Å².